The first-order valence-electron chi connectivity index (χ1n) is 7.62. The predicted molar refractivity (Wildman–Crippen MR) is 84.9 cm³/mol. The van der Waals surface area contributed by atoms with Crippen molar-refractivity contribution in [3.63, 3.8) is 0 Å². The molecule has 1 atom stereocenters. The zero-order valence-electron chi connectivity index (χ0n) is 13.3. The second kappa shape index (κ2) is 9.02. The zero-order valence-corrected chi connectivity index (χ0v) is 13.3. The molecule has 1 aromatic heterocycles. The Morgan fingerprint density at radius 1 is 1.25 bits per heavy atom. The van der Waals surface area contributed by atoms with Crippen LogP contribution in [0.3, 0.4) is 0 Å². The predicted octanol–water partition coefficient (Wildman–Crippen LogP) is 2.89. The van der Waals surface area contributed by atoms with Gasteiger partial charge in [-0.15, -0.1) is 0 Å². The molecule has 1 aromatic carbocycles. The van der Waals surface area contributed by atoms with Crippen LogP contribution in [0.25, 0.3) is 0 Å². The first-order chi connectivity index (χ1) is 11.5. The number of benzene rings is 1. The van der Waals surface area contributed by atoms with Crippen molar-refractivity contribution < 1.29 is 22.7 Å². The highest BCUT2D eigenvalue weighted by atomic mass is 19.3. The fraction of sp³-hybridized carbons (Fsp3) is 0.353. The van der Waals surface area contributed by atoms with Gasteiger partial charge in [0.15, 0.2) is 0 Å². The minimum Gasteiger partial charge on any atom is -0.468 e. The third-order valence-corrected chi connectivity index (χ3v) is 3.42. The largest absolute Gasteiger partial charge is 0.468 e. The van der Waals surface area contributed by atoms with Crippen molar-refractivity contribution in [2.45, 2.75) is 26.0 Å². The van der Waals surface area contributed by atoms with Crippen molar-refractivity contribution >= 4 is 5.91 Å². The van der Waals surface area contributed by atoms with Crippen molar-refractivity contribution in [3.8, 4) is 5.75 Å². The Balaban J connectivity index is 1.65. The lowest BCUT2D eigenvalue weighted by atomic mass is 10.1. The molecule has 2 aromatic rings. The van der Waals surface area contributed by atoms with Gasteiger partial charge in [-0.3, -0.25) is 10.1 Å². The molecule has 2 N–H and O–H groups in total. The van der Waals surface area contributed by atoms with Crippen LogP contribution in [0.1, 0.15) is 24.3 Å². The van der Waals surface area contributed by atoms with Crippen LogP contribution in [-0.2, 0) is 11.2 Å². The normalized spacial score (nSPS) is 12.2. The molecule has 0 bridgehead atoms. The molecule has 7 heteroatoms. The number of ether oxygens (including phenoxy) is 1. The second-order valence-electron chi connectivity index (χ2n) is 5.24. The highest BCUT2D eigenvalue weighted by Gasteiger charge is 2.09. The SMILES string of the molecule is C[C@H](NCC(=O)NCCc1ccc(OC(F)F)cc1)c1ccco1. The van der Waals surface area contributed by atoms with Gasteiger partial charge in [-0.05, 0) is 43.2 Å². The molecule has 1 amide bonds. The summed E-state index contributed by atoms with van der Waals surface area (Å²) in [6.07, 6.45) is 2.19. The van der Waals surface area contributed by atoms with E-state index in [-0.39, 0.29) is 24.2 Å². The molecule has 0 aliphatic rings. The van der Waals surface area contributed by atoms with Crippen LogP contribution in [0.15, 0.2) is 47.1 Å². The maximum absolute atomic E-state index is 12.1. The van der Waals surface area contributed by atoms with E-state index in [1.165, 1.54) is 12.1 Å². The van der Waals surface area contributed by atoms with Crippen LogP contribution in [0.4, 0.5) is 8.78 Å². The van der Waals surface area contributed by atoms with Crippen molar-refractivity contribution in [3.05, 3.63) is 54.0 Å². The lowest BCUT2D eigenvalue weighted by Gasteiger charge is -2.11. The van der Waals surface area contributed by atoms with Crippen LogP contribution >= 0.6 is 0 Å². The molecular weight excluding hydrogens is 318 g/mol. The minimum atomic E-state index is -2.83. The molecule has 1 heterocycles. The zero-order chi connectivity index (χ0) is 17.4. The molecule has 0 saturated heterocycles. The van der Waals surface area contributed by atoms with Crippen LogP contribution < -0.4 is 15.4 Å². The van der Waals surface area contributed by atoms with Gasteiger partial charge in [0.25, 0.3) is 0 Å². The molecule has 5 nitrogen and oxygen atoms in total. The number of amides is 1. The van der Waals surface area contributed by atoms with Crippen LogP contribution in [0, 0.1) is 0 Å². The summed E-state index contributed by atoms with van der Waals surface area (Å²) in [4.78, 5) is 11.8. The van der Waals surface area contributed by atoms with Gasteiger partial charge in [-0.1, -0.05) is 12.1 Å². The third kappa shape index (κ3) is 6.00. The van der Waals surface area contributed by atoms with Gasteiger partial charge in [0.1, 0.15) is 11.5 Å². The van der Waals surface area contributed by atoms with Crippen molar-refractivity contribution in [1.29, 1.82) is 0 Å². The van der Waals surface area contributed by atoms with E-state index in [2.05, 4.69) is 15.4 Å². The summed E-state index contributed by atoms with van der Waals surface area (Å²) >= 11 is 0. The maximum Gasteiger partial charge on any atom is 0.387 e. The van der Waals surface area contributed by atoms with Crippen molar-refractivity contribution in [2.24, 2.45) is 0 Å². The highest BCUT2D eigenvalue weighted by molar-refractivity contribution is 5.78. The smallest absolute Gasteiger partial charge is 0.387 e. The van der Waals surface area contributed by atoms with E-state index >= 15 is 0 Å². The molecule has 24 heavy (non-hydrogen) atoms. The van der Waals surface area contributed by atoms with Gasteiger partial charge in [0.2, 0.25) is 5.91 Å². The monoisotopic (exact) mass is 338 g/mol. The summed E-state index contributed by atoms with van der Waals surface area (Å²) in [6, 6.07) is 9.95. The molecule has 0 aliphatic carbocycles. The molecular formula is C17H20F2N2O3. The minimum absolute atomic E-state index is 0.0480. The Labute approximate surface area is 139 Å². The van der Waals surface area contributed by atoms with Crippen molar-refractivity contribution in [1.82, 2.24) is 10.6 Å². The maximum atomic E-state index is 12.1. The van der Waals surface area contributed by atoms with E-state index in [0.29, 0.717) is 13.0 Å². The number of hydrogen-bond donors (Lipinski definition) is 2. The average molecular weight is 338 g/mol. The molecule has 0 unspecified atom stereocenters. The summed E-state index contributed by atoms with van der Waals surface area (Å²) in [5.74, 6) is 0.772. The van der Waals surface area contributed by atoms with Gasteiger partial charge in [0, 0.05) is 6.54 Å². The third-order valence-electron chi connectivity index (χ3n) is 3.42. The number of rotatable bonds is 9. The number of halogens is 2. The Bertz CT molecular complexity index is 615. The van der Waals surface area contributed by atoms with Crippen LogP contribution in [-0.4, -0.2) is 25.6 Å². The van der Waals surface area contributed by atoms with E-state index in [1.54, 1.807) is 24.5 Å². The summed E-state index contributed by atoms with van der Waals surface area (Å²) in [5.41, 5.74) is 0.925. The number of carbonyl (C=O) groups excluding carboxylic acids is 1. The van der Waals surface area contributed by atoms with E-state index in [4.69, 9.17) is 4.42 Å². The van der Waals surface area contributed by atoms with Crippen LogP contribution in [0.2, 0.25) is 0 Å². The molecule has 2 rings (SSSR count). The first-order valence-corrected chi connectivity index (χ1v) is 7.62. The Hall–Kier alpha value is -2.41. The van der Waals surface area contributed by atoms with Gasteiger partial charge in [-0.2, -0.15) is 8.78 Å². The molecule has 0 radical (unpaired) electrons. The average Bonchev–Trinajstić information content (AvgIpc) is 3.08. The Morgan fingerprint density at radius 2 is 2.00 bits per heavy atom. The molecule has 0 fully saturated rings. The fourth-order valence-corrected chi connectivity index (χ4v) is 2.13. The topological polar surface area (TPSA) is 63.5 Å². The number of hydrogen-bond acceptors (Lipinski definition) is 4. The molecule has 0 saturated carbocycles. The van der Waals surface area contributed by atoms with E-state index in [0.717, 1.165) is 11.3 Å². The number of carbonyl (C=O) groups is 1. The van der Waals surface area contributed by atoms with Crippen LogP contribution in [0.5, 0.6) is 5.75 Å². The number of nitrogens with one attached hydrogen (secondary N) is 2. The van der Waals surface area contributed by atoms with E-state index in [9.17, 15) is 13.6 Å². The lowest BCUT2D eigenvalue weighted by Crippen LogP contribution is -2.35. The van der Waals surface area contributed by atoms with Crippen molar-refractivity contribution in [2.75, 3.05) is 13.1 Å². The second-order valence-corrected chi connectivity index (χ2v) is 5.24. The van der Waals surface area contributed by atoms with Gasteiger partial charge in [0.05, 0.1) is 18.8 Å². The fourth-order valence-electron chi connectivity index (χ4n) is 2.13. The van der Waals surface area contributed by atoms with Gasteiger partial charge in [-0.25, -0.2) is 0 Å². The number of alkyl halides is 2. The standard InChI is InChI=1S/C17H20F2N2O3/c1-12(15-3-2-10-23-15)21-11-16(22)20-9-8-13-4-6-14(7-5-13)24-17(18)19/h2-7,10,12,17,21H,8-9,11H2,1H3,(H,20,22)/t12-/m0/s1. The molecule has 130 valence electrons. The van der Waals surface area contributed by atoms with E-state index in [1.807, 2.05) is 13.0 Å². The summed E-state index contributed by atoms with van der Waals surface area (Å²) in [5, 5.41) is 5.86. The molecule has 0 spiro atoms. The quantitative estimate of drug-likeness (QED) is 0.738. The summed E-state index contributed by atoms with van der Waals surface area (Å²) in [7, 11) is 0. The number of furan rings is 1. The lowest BCUT2D eigenvalue weighted by molar-refractivity contribution is -0.120. The van der Waals surface area contributed by atoms with Gasteiger partial charge < -0.3 is 14.5 Å². The summed E-state index contributed by atoms with van der Waals surface area (Å²) < 4.78 is 33.6. The van der Waals surface area contributed by atoms with E-state index < -0.39 is 6.61 Å². The van der Waals surface area contributed by atoms with Gasteiger partial charge >= 0.3 is 6.61 Å². The highest BCUT2D eigenvalue weighted by Crippen LogP contribution is 2.15. The Morgan fingerprint density at radius 3 is 2.62 bits per heavy atom. The summed E-state index contributed by atoms with van der Waals surface area (Å²) in [6.45, 7) is -0.269. The Kier molecular flexibility index (Phi) is 6.74. The molecule has 0 aliphatic heterocycles. The first kappa shape index (κ1) is 17.9.